The Morgan fingerprint density at radius 2 is 1.91 bits per heavy atom. The summed E-state index contributed by atoms with van der Waals surface area (Å²) in [6.45, 7) is 3.68. The van der Waals surface area contributed by atoms with E-state index in [2.05, 4.69) is 64.7 Å². The zero-order chi connectivity index (χ0) is 22.8. The third-order valence-corrected chi connectivity index (χ3v) is 6.16. The molecular formula is C23H25BrN8O. The SMILES string of the molecule is CCCCCn1c2nc(Br)[nH]c2c(=O)n2c(CCCn3cnc(-c4ccccc4)c3)nnc12. The molecule has 0 fully saturated rings. The first-order chi connectivity index (χ1) is 16.2. The van der Waals surface area contributed by atoms with Gasteiger partial charge in [0.1, 0.15) is 5.82 Å². The van der Waals surface area contributed by atoms with E-state index in [1.165, 1.54) is 0 Å². The molecule has 0 aliphatic heterocycles. The molecule has 10 heteroatoms. The first-order valence-electron chi connectivity index (χ1n) is 11.2. The van der Waals surface area contributed by atoms with E-state index in [0.29, 0.717) is 33.9 Å². The minimum absolute atomic E-state index is 0.168. The molecule has 0 radical (unpaired) electrons. The van der Waals surface area contributed by atoms with Crippen molar-refractivity contribution in [2.45, 2.75) is 52.1 Å². The predicted octanol–water partition coefficient (Wildman–Crippen LogP) is 4.22. The summed E-state index contributed by atoms with van der Waals surface area (Å²) in [7, 11) is 0. The van der Waals surface area contributed by atoms with Gasteiger partial charge in [0.2, 0.25) is 5.78 Å². The Balaban J connectivity index is 1.39. The fourth-order valence-electron chi connectivity index (χ4n) is 4.12. The number of aromatic nitrogens is 8. The number of imidazole rings is 2. The monoisotopic (exact) mass is 508 g/mol. The molecule has 170 valence electrons. The van der Waals surface area contributed by atoms with Crippen LogP contribution in [0.2, 0.25) is 0 Å². The summed E-state index contributed by atoms with van der Waals surface area (Å²) in [5, 5.41) is 8.74. The molecule has 0 saturated carbocycles. The van der Waals surface area contributed by atoms with Crippen LogP contribution in [-0.4, -0.2) is 38.7 Å². The number of aryl methyl sites for hydroxylation is 3. The lowest BCUT2D eigenvalue weighted by Crippen LogP contribution is -2.21. The topological polar surface area (TPSA) is 98.7 Å². The highest BCUT2D eigenvalue weighted by Gasteiger charge is 2.19. The summed E-state index contributed by atoms with van der Waals surface area (Å²) in [6.07, 6.45) is 8.53. The van der Waals surface area contributed by atoms with Crippen LogP contribution in [0.5, 0.6) is 0 Å². The second-order valence-corrected chi connectivity index (χ2v) is 8.86. The smallest absolute Gasteiger partial charge is 0.286 e. The standard InChI is InChI=1S/C23H25BrN8O/c1-2-3-7-13-31-20-19(26-22(24)27-20)21(33)32-18(28-29-23(31)32)11-8-12-30-14-17(25-15-30)16-9-5-4-6-10-16/h4-6,9-10,14-15H,2-3,7-8,11-13H2,1H3,(H,26,27). The second kappa shape index (κ2) is 9.30. The lowest BCUT2D eigenvalue weighted by atomic mass is 10.2. The number of fused-ring (bicyclic) bond motifs is 2. The fourth-order valence-corrected chi connectivity index (χ4v) is 4.49. The summed E-state index contributed by atoms with van der Waals surface area (Å²) < 4.78 is 6.23. The highest BCUT2D eigenvalue weighted by molar-refractivity contribution is 9.10. The summed E-state index contributed by atoms with van der Waals surface area (Å²) >= 11 is 3.37. The van der Waals surface area contributed by atoms with Gasteiger partial charge in [-0.1, -0.05) is 50.1 Å². The molecule has 0 amide bonds. The van der Waals surface area contributed by atoms with Crippen molar-refractivity contribution < 1.29 is 0 Å². The normalized spacial score (nSPS) is 11.7. The Labute approximate surface area is 198 Å². The lowest BCUT2D eigenvalue weighted by molar-refractivity contribution is 0.609. The van der Waals surface area contributed by atoms with Crippen molar-refractivity contribution in [3.63, 3.8) is 0 Å². The molecule has 0 atom stereocenters. The number of aromatic amines is 1. The molecule has 0 bridgehead atoms. The van der Waals surface area contributed by atoms with E-state index in [9.17, 15) is 4.79 Å². The molecule has 9 nitrogen and oxygen atoms in total. The van der Waals surface area contributed by atoms with Crippen LogP contribution in [0, 0.1) is 0 Å². The highest BCUT2D eigenvalue weighted by atomic mass is 79.9. The van der Waals surface area contributed by atoms with Gasteiger partial charge in [0.05, 0.1) is 12.0 Å². The van der Waals surface area contributed by atoms with Gasteiger partial charge in [0, 0.05) is 31.3 Å². The maximum atomic E-state index is 13.2. The molecule has 0 aliphatic rings. The first kappa shape index (κ1) is 21.6. The molecule has 0 unspecified atom stereocenters. The van der Waals surface area contributed by atoms with Gasteiger partial charge in [0.25, 0.3) is 5.56 Å². The van der Waals surface area contributed by atoms with E-state index in [0.717, 1.165) is 50.0 Å². The van der Waals surface area contributed by atoms with Crippen molar-refractivity contribution in [3.8, 4) is 11.3 Å². The third-order valence-electron chi connectivity index (χ3n) is 5.79. The van der Waals surface area contributed by atoms with Gasteiger partial charge in [-0.05, 0) is 28.8 Å². The molecule has 1 aromatic carbocycles. The van der Waals surface area contributed by atoms with Crippen molar-refractivity contribution in [2.24, 2.45) is 0 Å². The van der Waals surface area contributed by atoms with Gasteiger partial charge in [-0.3, -0.25) is 9.36 Å². The van der Waals surface area contributed by atoms with Gasteiger partial charge < -0.3 is 9.55 Å². The van der Waals surface area contributed by atoms with E-state index in [1.807, 2.05) is 35.3 Å². The number of nitrogens with zero attached hydrogens (tertiary/aromatic N) is 7. The number of benzene rings is 1. The van der Waals surface area contributed by atoms with Crippen LogP contribution in [0.25, 0.3) is 28.2 Å². The van der Waals surface area contributed by atoms with Gasteiger partial charge in [-0.2, -0.15) is 0 Å². The van der Waals surface area contributed by atoms with Crippen LogP contribution in [-0.2, 0) is 19.5 Å². The van der Waals surface area contributed by atoms with Crippen LogP contribution in [0.3, 0.4) is 0 Å². The lowest BCUT2D eigenvalue weighted by Gasteiger charge is -2.09. The predicted molar refractivity (Wildman–Crippen MR) is 130 cm³/mol. The van der Waals surface area contributed by atoms with Crippen LogP contribution >= 0.6 is 15.9 Å². The molecule has 0 spiro atoms. The number of H-pyrrole nitrogens is 1. The maximum Gasteiger partial charge on any atom is 0.286 e. The number of nitrogens with one attached hydrogen (secondary N) is 1. The van der Waals surface area contributed by atoms with Gasteiger partial charge in [0.15, 0.2) is 15.9 Å². The first-order valence-corrected chi connectivity index (χ1v) is 12.0. The number of rotatable bonds is 9. The van der Waals surface area contributed by atoms with Gasteiger partial charge in [-0.15, -0.1) is 10.2 Å². The molecule has 4 heterocycles. The minimum Gasteiger partial charge on any atom is -0.337 e. The number of halogens is 1. The van der Waals surface area contributed by atoms with Crippen LogP contribution in [0.1, 0.15) is 38.4 Å². The van der Waals surface area contributed by atoms with Crippen molar-refractivity contribution in [3.05, 3.63) is 63.8 Å². The Morgan fingerprint density at radius 1 is 1.06 bits per heavy atom. The molecule has 33 heavy (non-hydrogen) atoms. The largest absolute Gasteiger partial charge is 0.337 e. The summed E-state index contributed by atoms with van der Waals surface area (Å²) in [5.41, 5.74) is 2.96. The zero-order valence-electron chi connectivity index (χ0n) is 18.4. The fraction of sp³-hybridized carbons (Fsp3) is 0.348. The maximum absolute atomic E-state index is 13.2. The van der Waals surface area contributed by atoms with Gasteiger partial charge in [-0.25, -0.2) is 14.4 Å². The Kier molecular flexibility index (Phi) is 6.08. The zero-order valence-corrected chi connectivity index (χ0v) is 20.0. The minimum atomic E-state index is -0.168. The van der Waals surface area contributed by atoms with E-state index >= 15 is 0 Å². The Morgan fingerprint density at radius 3 is 2.73 bits per heavy atom. The Hall–Kier alpha value is -3.27. The number of hydrogen-bond donors (Lipinski definition) is 1. The summed E-state index contributed by atoms with van der Waals surface area (Å²) in [5.74, 6) is 1.21. The molecule has 1 N–H and O–H groups in total. The average molecular weight is 509 g/mol. The molecule has 5 rings (SSSR count). The van der Waals surface area contributed by atoms with Crippen molar-refractivity contribution in [2.75, 3.05) is 0 Å². The molecule has 4 aromatic heterocycles. The van der Waals surface area contributed by atoms with Crippen molar-refractivity contribution >= 4 is 32.9 Å². The van der Waals surface area contributed by atoms with E-state index in [1.54, 1.807) is 4.40 Å². The van der Waals surface area contributed by atoms with E-state index < -0.39 is 0 Å². The van der Waals surface area contributed by atoms with E-state index in [4.69, 9.17) is 0 Å². The van der Waals surface area contributed by atoms with Crippen molar-refractivity contribution in [1.82, 2.24) is 38.7 Å². The third kappa shape index (κ3) is 4.22. The number of hydrogen-bond acceptors (Lipinski definition) is 5. The molecular weight excluding hydrogens is 484 g/mol. The highest BCUT2D eigenvalue weighted by Crippen LogP contribution is 2.18. The summed E-state index contributed by atoms with van der Waals surface area (Å²) in [6, 6.07) is 10.1. The number of unbranched alkanes of at least 4 members (excludes halogenated alkanes) is 2. The summed E-state index contributed by atoms with van der Waals surface area (Å²) in [4.78, 5) is 25.3. The van der Waals surface area contributed by atoms with Crippen LogP contribution < -0.4 is 5.56 Å². The molecule has 0 aliphatic carbocycles. The average Bonchev–Trinajstić information content (AvgIpc) is 3.56. The Bertz CT molecular complexity index is 1450. The van der Waals surface area contributed by atoms with Crippen molar-refractivity contribution in [1.29, 1.82) is 0 Å². The second-order valence-electron chi connectivity index (χ2n) is 8.11. The van der Waals surface area contributed by atoms with Crippen LogP contribution in [0.15, 0.2) is 52.4 Å². The van der Waals surface area contributed by atoms with Gasteiger partial charge >= 0.3 is 0 Å². The molecule has 5 aromatic rings. The quantitative estimate of drug-likeness (QED) is 0.237. The van der Waals surface area contributed by atoms with E-state index in [-0.39, 0.29) is 5.56 Å². The molecule has 0 saturated heterocycles. The van der Waals surface area contributed by atoms with Crippen LogP contribution in [0.4, 0.5) is 0 Å².